The topological polar surface area (TPSA) is 61.8 Å². The highest BCUT2D eigenvalue weighted by atomic mass is 16.5. The van der Waals surface area contributed by atoms with E-state index in [0.717, 1.165) is 16.9 Å². The number of carbonyl (C=O) groups excluding carboxylic acids is 2. The molecule has 0 bridgehead atoms. The molecule has 3 rings (SSSR count). The van der Waals surface area contributed by atoms with Gasteiger partial charge in [0.05, 0.1) is 13.0 Å². The summed E-state index contributed by atoms with van der Waals surface area (Å²) in [6, 6.07) is 12.4. The van der Waals surface area contributed by atoms with Crippen LogP contribution in [0.5, 0.6) is 17.2 Å². The Morgan fingerprint density at radius 2 is 1.84 bits per heavy atom. The van der Waals surface area contributed by atoms with Crippen molar-refractivity contribution in [3.05, 3.63) is 65.7 Å². The van der Waals surface area contributed by atoms with Crippen molar-refractivity contribution in [2.24, 2.45) is 0 Å². The summed E-state index contributed by atoms with van der Waals surface area (Å²) in [5.41, 5.74) is 2.05. The summed E-state index contributed by atoms with van der Waals surface area (Å²) in [4.78, 5) is 24.0. The van der Waals surface area contributed by atoms with Gasteiger partial charge in [-0.15, -0.1) is 0 Å². The van der Waals surface area contributed by atoms with Gasteiger partial charge >= 0.3 is 11.9 Å². The van der Waals surface area contributed by atoms with Gasteiger partial charge in [-0.25, -0.2) is 4.79 Å². The molecule has 0 spiro atoms. The van der Waals surface area contributed by atoms with Crippen molar-refractivity contribution >= 4 is 11.9 Å². The molecule has 0 saturated carbocycles. The Labute approximate surface area is 145 Å². The zero-order valence-electron chi connectivity index (χ0n) is 14.1. The van der Waals surface area contributed by atoms with Gasteiger partial charge in [0.15, 0.2) is 0 Å². The van der Waals surface area contributed by atoms with E-state index >= 15 is 0 Å². The third kappa shape index (κ3) is 3.55. The minimum absolute atomic E-state index is 0.300. The lowest BCUT2D eigenvalue weighted by atomic mass is 9.89. The van der Waals surface area contributed by atoms with E-state index in [-0.39, 0.29) is 11.9 Å². The first-order chi connectivity index (χ1) is 12.0. The average Bonchev–Trinajstić information content (AvgIpc) is 2.61. The number of carbonyl (C=O) groups is 2. The highest BCUT2D eigenvalue weighted by Gasteiger charge is 2.30. The van der Waals surface area contributed by atoms with Crippen molar-refractivity contribution in [2.75, 3.05) is 7.11 Å². The van der Waals surface area contributed by atoms with Crippen LogP contribution in [0.1, 0.15) is 24.0 Å². The van der Waals surface area contributed by atoms with Gasteiger partial charge in [0.25, 0.3) is 0 Å². The average molecular weight is 338 g/mol. The van der Waals surface area contributed by atoms with Crippen molar-refractivity contribution in [1.29, 1.82) is 0 Å². The Balaban J connectivity index is 1.81. The second-order valence-corrected chi connectivity index (χ2v) is 5.89. The fourth-order valence-corrected chi connectivity index (χ4v) is 2.63. The predicted octanol–water partition coefficient (Wildman–Crippen LogP) is 3.42. The summed E-state index contributed by atoms with van der Waals surface area (Å²) < 4.78 is 15.8. The van der Waals surface area contributed by atoms with E-state index < -0.39 is 5.97 Å². The van der Waals surface area contributed by atoms with E-state index in [1.807, 2.05) is 24.3 Å². The maximum atomic E-state index is 12.4. The smallest absolute Gasteiger partial charge is 0.338 e. The number of ether oxygens (including phenoxy) is 3. The molecular formula is C20H18O5. The number of hydrogen-bond acceptors (Lipinski definition) is 5. The fraction of sp³-hybridized carbons (Fsp3) is 0.200. The molecule has 5 nitrogen and oxygen atoms in total. The van der Waals surface area contributed by atoms with Gasteiger partial charge in [0.1, 0.15) is 17.2 Å². The molecule has 5 heteroatoms. The maximum absolute atomic E-state index is 12.4. The molecule has 1 aliphatic heterocycles. The van der Waals surface area contributed by atoms with Gasteiger partial charge in [-0.1, -0.05) is 24.8 Å². The number of esters is 2. The van der Waals surface area contributed by atoms with Gasteiger partial charge < -0.3 is 14.2 Å². The first-order valence-corrected chi connectivity index (χ1v) is 7.84. The summed E-state index contributed by atoms with van der Waals surface area (Å²) in [5.74, 6) is 0.253. The lowest BCUT2D eigenvalue weighted by Gasteiger charge is -2.24. The zero-order chi connectivity index (χ0) is 18.0. The number of rotatable bonds is 4. The lowest BCUT2D eigenvalue weighted by Crippen LogP contribution is -2.26. The predicted molar refractivity (Wildman–Crippen MR) is 92.0 cm³/mol. The van der Waals surface area contributed by atoms with Gasteiger partial charge in [-0.3, -0.25) is 4.79 Å². The van der Waals surface area contributed by atoms with E-state index in [1.54, 1.807) is 32.2 Å². The normalized spacial score (nSPS) is 15.8. The van der Waals surface area contributed by atoms with Crippen molar-refractivity contribution in [1.82, 2.24) is 0 Å². The van der Waals surface area contributed by atoms with Crippen LogP contribution in [-0.4, -0.2) is 19.0 Å². The van der Waals surface area contributed by atoms with Crippen molar-refractivity contribution < 1.29 is 23.8 Å². The van der Waals surface area contributed by atoms with Crippen LogP contribution in [0.15, 0.2) is 54.6 Å². The number of methoxy groups -OCH3 is 1. The molecule has 0 aliphatic carbocycles. The van der Waals surface area contributed by atoms with E-state index in [2.05, 4.69) is 6.58 Å². The SMILES string of the molecule is C=C(C)C(=O)Oc1ccc2c(c1)OC(=O)C(c1ccc(OC)cc1)C2. The minimum Gasteiger partial charge on any atom is -0.497 e. The van der Waals surface area contributed by atoms with Gasteiger partial charge in [0, 0.05) is 11.6 Å². The summed E-state index contributed by atoms with van der Waals surface area (Å²) in [6.45, 7) is 5.11. The van der Waals surface area contributed by atoms with Crippen LogP contribution in [0.3, 0.4) is 0 Å². The fourth-order valence-electron chi connectivity index (χ4n) is 2.63. The Hall–Kier alpha value is -3.08. The Kier molecular flexibility index (Phi) is 4.57. The van der Waals surface area contributed by atoms with Crippen molar-refractivity contribution in [3.63, 3.8) is 0 Å². The molecule has 0 saturated heterocycles. The molecule has 1 atom stereocenters. The molecule has 0 amide bonds. The van der Waals surface area contributed by atoms with E-state index in [0.29, 0.717) is 23.5 Å². The summed E-state index contributed by atoms with van der Waals surface area (Å²) in [5, 5.41) is 0. The molecular weight excluding hydrogens is 320 g/mol. The van der Waals surface area contributed by atoms with E-state index in [4.69, 9.17) is 14.2 Å². The number of hydrogen-bond donors (Lipinski definition) is 0. The lowest BCUT2D eigenvalue weighted by molar-refractivity contribution is -0.137. The van der Waals surface area contributed by atoms with Crippen LogP contribution in [-0.2, 0) is 16.0 Å². The van der Waals surface area contributed by atoms with Gasteiger partial charge in [0.2, 0.25) is 0 Å². The highest BCUT2D eigenvalue weighted by Crippen LogP contribution is 2.36. The molecule has 25 heavy (non-hydrogen) atoms. The second-order valence-electron chi connectivity index (χ2n) is 5.89. The van der Waals surface area contributed by atoms with Crippen LogP contribution in [0, 0.1) is 0 Å². The molecule has 2 aromatic rings. The van der Waals surface area contributed by atoms with Gasteiger partial charge in [-0.2, -0.15) is 0 Å². The Morgan fingerprint density at radius 1 is 1.16 bits per heavy atom. The first kappa shape index (κ1) is 16.8. The molecule has 0 radical (unpaired) electrons. The molecule has 0 fully saturated rings. The van der Waals surface area contributed by atoms with Crippen molar-refractivity contribution in [3.8, 4) is 17.2 Å². The standard InChI is InChI=1S/C20H18O5/c1-12(2)19(21)24-16-9-6-14-10-17(20(22)25-18(14)11-16)13-4-7-15(23-3)8-5-13/h4-9,11,17H,1,10H2,2-3H3. The summed E-state index contributed by atoms with van der Waals surface area (Å²) in [7, 11) is 1.60. The third-order valence-electron chi connectivity index (χ3n) is 4.03. The molecule has 1 heterocycles. The third-order valence-corrected chi connectivity index (χ3v) is 4.03. The summed E-state index contributed by atoms with van der Waals surface area (Å²) >= 11 is 0. The quantitative estimate of drug-likeness (QED) is 0.486. The Bertz CT molecular complexity index is 836. The molecule has 2 aromatic carbocycles. The van der Waals surface area contributed by atoms with Crippen LogP contribution < -0.4 is 14.2 Å². The Morgan fingerprint density at radius 3 is 2.48 bits per heavy atom. The van der Waals surface area contributed by atoms with E-state index in [1.165, 1.54) is 0 Å². The molecule has 1 unspecified atom stereocenters. The van der Waals surface area contributed by atoms with Crippen LogP contribution >= 0.6 is 0 Å². The molecule has 1 aliphatic rings. The molecule has 0 N–H and O–H groups in total. The van der Waals surface area contributed by atoms with Crippen LogP contribution in [0.25, 0.3) is 0 Å². The highest BCUT2D eigenvalue weighted by molar-refractivity contribution is 5.89. The molecule has 128 valence electrons. The molecule has 0 aromatic heterocycles. The van der Waals surface area contributed by atoms with Crippen LogP contribution in [0.2, 0.25) is 0 Å². The zero-order valence-corrected chi connectivity index (χ0v) is 14.1. The number of fused-ring (bicyclic) bond motifs is 1. The maximum Gasteiger partial charge on any atom is 0.338 e. The van der Waals surface area contributed by atoms with Crippen LogP contribution in [0.4, 0.5) is 0 Å². The van der Waals surface area contributed by atoms with Gasteiger partial charge in [-0.05, 0) is 42.7 Å². The first-order valence-electron chi connectivity index (χ1n) is 7.84. The second kappa shape index (κ2) is 6.81. The monoisotopic (exact) mass is 338 g/mol. The van der Waals surface area contributed by atoms with Crippen molar-refractivity contribution in [2.45, 2.75) is 19.3 Å². The minimum atomic E-state index is -0.516. The van der Waals surface area contributed by atoms with E-state index in [9.17, 15) is 9.59 Å². The number of benzene rings is 2. The largest absolute Gasteiger partial charge is 0.497 e. The summed E-state index contributed by atoms with van der Waals surface area (Å²) in [6.07, 6.45) is 0.523.